The third-order valence-corrected chi connectivity index (χ3v) is 3.56. The second-order valence-corrected chi connectivity index (χ2v) is 5.05. The van der Waals surface area contributed by atoms with Gasteiger partial charge in [-0.3, -0.25) is 10.1 Å². The van der Waals surface area contributed by atoms with Crippen LogP contribution in [0.4, 0.5) is 17.4 Å². The number of anilines is 2. The Morgan fingerprint density at radius 1 is 1.38 bits per heavy atom. The smallest absolute Gasteiger partial charge is 0.336 e. The summed E-state index contributed by atoms with van der Waals surface area (Å²) in [5.74, 6) is -1.02. The molecule has 1 aromatic heterocycles. The largest absolute Gasteiger partial charge is 0.478 e. The number of hydrogen-bond acceptors (Lipinski definition) is 6. The van der Waals surface area contributed by atoms with Crippen LogP contribution < -0.4 is 5.32 Å². The molecule has 0 saturated heterocycles. The fourth-order valence-corrected chi connectivity index (χ4v) is 2.48. The minimum absolute atomic E-state index is 0.0569. The Labute approximate surface area is 135 Å². The van der Waals surface area contributed by atoms with Crippen LogP contribution in [0.3, 0.4) is 0 Å². The molecular weight excluding hydrogens is 314 g/mol. The first kappa shape index (κ1) is 15.5. The van der Waals surface area contributed by atoms with Gasteiger partial charge in [-0.2, -0.15) is 4.98 Å². The minimum Gasteiger partial charge on any atom is -0.478 e. The number of fused-ring (bicyclic) bond motifs is 1. The number of nitrogens with one attached hydrogen (secondary N) is 1. The average molecular weight is 327 g/mol. The number of carboxylic acid groups (broad SMARTS) is 1. The van der Waals surface area contributed by atoms with Gasteiger partial charge in [0.1, 0.15) is 5.52 Å². The van der Waals surface area contributed by atoms with Crippen molar-refractivity contribution in [3.05, 3.63) is 57.6 Å². The van der Waals surface area contributed by atoms with Crippen LogP contribution in [0.15, 0.2) is 40.8 Å². The zero-order valence-electron chi connectivity index (χ0n) is 12.6. The number of rotatable bonds is 5. The van der Waals surface area contributed by atoms with Gasteiger partial charge in [-0.05, 0) is 30.2 Å². The van der Waals surface area contributed by atoms with Gasteiger partial charge in [0.2, 0.25) is 0 Å². The van der Waals surface area contributed by atoms with Crippen LogP contribution in [-0.2, 0) is 6.42 Å². The fourth-order valence-electron chi connectivity index (χ4n) is 2.48. The van der Waals surface area contributed by atoms with Crippen molar-refractivity contribution in [1.82, 2.24) is 4.98 Å². The number of carbonyl (C=O) groups is 1. The van der Waals surface area contributed by atoms with E-state index in [1.807, 2.05) is 6.92 Å². The monoisotopic (exact) mass is 327 g/mol. The molecule has 0 atom stereocenters. The maximum atomic E-state index is 11.3. The third kappa shape index (κ3) is 2.76. The van der Waals surface area contributed by atoms with Crippen LogP contribution >= 0.6 is 0 Å². The van der Waals surface area contributed by atoms with E-state index >= 15 is 0 Å². The van der Waals surface area contributed by atoms with Crippen molar-refractivity contribution in [1.29, 1.82) is 0 Å². The Balaban J connectivity index is 2.01. The Bertz CT molecular complexity index is 948. The molecule has 122 valence electrons. The number of benzene rings is 2. The Kier molecular flexibility index (Phi) is 3.87. The second-order valence-electron chi connectivity index (χ2n) is 5.05. The number of oxazole rings is 1. The zero-order valence-corrected chi connectivity index (χ0v) is 12.6. The van der Waals surface area contributed by atoms with Crippen LogP contribution in [0.5, 0.6) is 0 Å². The van der Waals surface area contributed by atoms with Crippen molar-refractivity contribution < 1.29 is 19.2 Å². The van der Waals surface area contributed by atoms with E-state index in [9.17, 15) is 20.0 Å². The van der Waals surface area contributed by atoms with Gasteiger partial charge >= 0.3 is 5.97 Å². The summed E-state index contributed by atoms with van der Waals surface area (Å²) in [6.07, 6.45) is 0.488. The van der Waals surface area contributed by atoms with Gasteiger partial charge in [0.25, 0.3) is 11.7 Å². The number of aromatic carboxylic acids is 1. The molecule has 0 fully saturated rings. The van der Waals surface area contributed by atoms with Gasteiger partial charge in [0.05, 0.1) is 10.5 Å². The molecule has 0 saturated carbocycles. The third-order valence-electron chi connectivity index (χ3n) is 3.56. The van der Waals surface area contributed by atoms with Crippen molar-refractivity contribution in [2.24, 2.45) is 0 Å². The lowest BCUT2D eigenvalue weighted by atomic mass is 10.0. The number of non-ortho nitro benzene ring substituents is 1. The highest BCUT2D eigenvalue weighted by Crippen LogP contribution is 2.28. The summed E-state index contributed by atoms with van der Waals surface area (Å²) in [6, 6.07) is 9.09. The number of aromatic nitrogens is 1. The van der Waals surface area contributed by atoms with E-state index in [1.54, 1.807) is 18.2 Å². The average Bonchev–Trinajstić information content (AvgIpc) is 2.96. The highest BCUT2D eigenvalue weighted by Gasteiger charge is 2.17. The SMILES string of the molecule is CCc1c(C(=O)O)ccc2oc(Nc3cccc([N+](=O)[O-])c3)nc12. The lowest BCUT2D eigenvalue weighted by Gasteiger charge is -2.02. The first-order chi connectivity index (χ1) is 11.5. The maximum absolute atomic E-state index is 11.3. The van der Waals surface area contributed by atoms with Gasteiger partial charge in [0.15, 0.2) is 5.58 Å². The Hall–Kier alpha value is -3.42. The molecule has 2 aromatic carbocycles. The Morgan fingerprint density at radius 2 is 2.17 bits per heavy atom. The molecule has 8 nitrogen and oxygen atoms in total. The molecule has 0 aliphatic carbocycles. The van der Waals surface area contributed by atoms with Gasteiger partial charge in [-0.25, -0.2) is 4.79 Å². The zero-order chi connectivity index (χ0) is 17.3. The molecule has 0 aliphatic rings. The minimum atomic E-state index is -1.02. The topological polar surface area (TPSA) is 119 Å². The van der Waals surface area contributed by atoms with E-state index in [1.165, 1.54) is 18.2 Å². The lowest BCUT2D eigenvalue weighted by molar-refractivity contribution is -0.384. The summed E-state index contributed by atoms with van der Waals surface area (Å²) >= 11 is 0. The quantitative estimate of drug-likeness (QED) is 0.541. The molecule has 0 bridgehead atoms. The molecule has 0 unspecified atom stereocenters. The molecule has 2 N–H and O–H groups in total. The molecule has 0 spiro atoms. The van der Waals surface area contributed by atoms with Crippen molar-refractivity contribution in [2.75, 3.05) is 5.32 Å². The number of aryl methyl sites for hydroxylation is 1. The first-order valence-corrected chi connectivity index (χ1v) is 7.16. The van der Waals surface area contributed by atoms with Gasteiger partial charge in [-0.15, -0.1) is 0 Å². The van der Waals surface area contributed by atoms with E-state index < -0.39 is 10.9 Å². The predicted molar refractivity (Wildman–Crippen MR) is 86.7 cm³/mol. The predicted octanol–water partition coefficient (Wildman–Crippen LogP) is 3.74. The van der Waals surface area contributed by atoms with E-state index in [4.69, 9.17) is 4.42 Å². The summed E-state index contributed by atoms with van der Waals surface area (Å²) in [4.78, 5) is 25.9. The van der Waals surface area contributed by atoms with E-state index in [0.717, 1.165) is 0 Å². The normalized spacial score (nSPS) is 10.7. The maximum Gasteiger partial charge on any atom is 0.336 e. The van der Waals surface area contributed by atoms with Crippen molar-refractivity contribution in [2.45, 2.75) is 13.3 Å². The van der Waals surface area contributed by atoms with Crippen molar-refractivity contribution >= 4 is 34.5 Å². The molecule has 3 aromatic rings. The highest BCUT2D eigenvalue weighted by atomic mass is 16.6. The number of nitro benzene ring substituents is 1. The molecule has 0 amide bonds. The summed E-state index contributed by atoms with van der Waals surface area (Å²) in [7, 11) is 0. The second kappa shape index (κ2) is 5.99. The number of nitro groups is 1. The number of carboxylic acids is 1. The number of nitrogens with zero attached hydrogens (tertiary/aromatic N) is 2. The summed E-state index contributed by atoms with van der Waals surface area (Å²) < 4.78 is 5.56. The molecule has 3 rings (SSSR count). The molecule has 8 heteroatoms. The van der Waals surface area contributed by atoms with Crippen LogP contribution in [0.1, 0.15) is 22.8 Å². The van der Waals surface area contributed by atoms with Crippen LogP contribution in [-0.4, -0.2) is 21.0 Å². The van der Waals surface area contributed by atoms with Crippen LogP contribution in [0, 0.1) is 10.1 Å². The molecule has 24 heavy (non-hydrogen) atoms. The number of hydrogen-bond donors (Lipinski definition) is 2. The molecule has 0 radical (unpaired) electrons. The first-order valence-electron chi connectivity index (χ1n) is 7.16. The Morgan fingerprint density at radius 3 is 2.83 bits per heavy atom. The van der Waals surface area contributed by atoms with Crippen molar-refractivity contribution in [3.63, 3.8) is 0 Å². The van der Waals surface area contributed by atoms with E-state index in [0.29, 0.717) is 28.8 Å². The molecular formula is C16H13N3O5. The lowest BCUT2D eigenvalue weighted by Crippen LogP contribution is -2.02. The molecule has 0 aliphatic heterocycles. The highest BCUT2D eigenvalue weighted by molar-refractivity contribution is 5.95. The summed E-state index contributed by atoms with van der Waals surface area (Å²) in [5.41, 5.74) is 2.07. The van der Waals surface area contributed by atoms with Gasteiger partial charge < -0.3 is 14.8 Å². The van der Waals surface area contributed by atoms with Crippen LogP contribution in [0.2, 0.25) is 0 Å². The van der Waals surface area contributed by atoms with Crippen molar-refractivity contribution in [3.8, 4) is 0 Å². The van der Waals surface area contributed by atoms with E-state index in [-0.39, 0.29) is 17.3 Å². The molecule has 1 heterocycles. The summed E-state index contributed by atoms with van der Waals surface area (Å²) in [5, 5.41) is 22.9. The van der Waals surface area contributed by atoms with Gasteiger partial charge in [-0.1, -0.05) is 13.0 Å². The van der Waals surface area contributed by atoms with Gasteiger partial charge in [0, 0.05) is 17.8 Å². The fraction of sp³-hybridized carbons (Fsp3) is 0.125. The van der Waals surface area contributed by atoms with E-state index in [2.05, 4.69) is 10.3 Å². The standard InChI is InChI=1S/C16H13N3O5/c1-2-11-12(15(20)21)6-7-13-14(11)18-16(24-13)17-9-4-3-5-10(8-9)19(22)23/h3-8H,2H2,1H3,(H,17,18)(H,20,21). The van der Waals surface area contributed by atoms with Crippen LogP contribution in [0.25, 0.3) is 11.1 Å². The summed E-state index contributed by atoms with van der Waals surface area (Å²) in [6.45, 7) is 1.84.